The lowest BCUT2D eigenvalue weighted by molar-refractivity contribution is -0.116. The first-order valence-corrected chi connectivity index (χ1v) is 10.3. The summed E-state index contributed by atoms with van der Waals surface area (Å²) in [6.07, 6.45) is 2.77. The van der Waals surface area contributed by atoms with Gasteiger partial charge >= 0.3 is 0 Å². The van der Waals surface area contributed by atoms with Gasteiger partial charge in [0.25, 0.3) is 5.91 Å². The fourth-order valence-electron chi connectivity index (χ4n) is 2.88. The molecule has 0 bridgehead atoms. The highest BCUT2D eigenvalue weighted by molar-refractivity contribution is 8.05. The van der Waals surface area contributed by atoms with E-state index in [0.29, 0.717) is 15.7 Å². The van der Waals surface area contributed by atoms with Crippen molar-refractivity contribution >= 4 is 41.0 Å². The molecule has 1 atom stereocenters. The van der Waals surface area contributed by atoms with Crippen molar-refractivity contribution in [2.75, 3.05) is 5.32 Å². The average Bonchev–Trinajstić information content (AvgIpc) is 3.30. The van der Waals surface area contributed by atoms with Gasteiger partial charge in [-0.05, 0) is 60.5 Å². The van der Waals surface area contributed by atoms with Crippen LogP contribution in [0.5, 0.6) is 0 Å². The molecule has 1 aliphatic rings. The number of rotatable bonds is 5. The second-order valence-electron chi connectivity index (χ2n) is 6.38. The first-order chi connectivity index (χ1) is 13.6. The lowest BCUT2D eigenvalue weighted by Gasteiger charge is -2.12. The van der Waals surface area contributed by atoms with Crippen molar-refractivity contribution in [2.45, 2.75) is 18.8 Å². The molecule has 0 spiro atoms. The van der Waals surface area contributed by atoms with Crippen molar-refractivity contribution in [2.24, 2.45) is 0 Å². The lowest BCUT2D eigenvalue weighted by atomic mass is 10.1. The van der Waals surface area contributed by atoms with E-state index in [1.165, 1.54) is 17.3 Å². The first-order valence-electron chi connectivity index (χ1n) is 9.01. The minimum absolute atomic E-state index is 0.114. The van der Waals surface area contributed by atoms with Crippen LogP contribution in [-0.4, -0.2) is 11.4 Å². The molecule has 2 N–H and O–H groups in total. The Hall–Kier alpha value is -2.63. The van der Waals surface area contributed by atoms with Gasteiger partial charge in [0.2, 0.25) is 0 Å². The van der Waals surface area contributed by atoms with Crippen LogP contribution in [0.2, 0.25) is 5.02 Å². The predicted octanol–water partition coefficient (Wildman–Crippen LogP) is 5.76. The molecular formula is C22H19ClN2O2S. The molecule has 1 amide bonds. The quantitative estimate of drug-likeness (QED) is 0.525. The Morgan fingerprint density at radius 1 is 1.11 bits per heavy atom. The molecule has 1 saturated heterocycles. The number of thioether (sulfide) groups is 1. The van der Waals surface area contributed by atoms with Crippen LogP contribution in [0.25, 0.3) is 17.4 Å². The number of nitrogens with one attached hydrogen (secondary N) is 2. The Balaban J connectivity index is 1.45. The molecule has 1 aliphatic heterocycles. The van der Waals surface area contributed by atoms with E-state index in [9.17, 15) is 4.79 Å². The number of carbonyl (C=O) groups excluding carboxylic acids is 1. The maximum absolute atomic E-state index is 12.3. The Bertz CT molecular complexity index is 1010. The van der Waals surface area contributed by atoms with E-state index in [2.05, 4.69) is 29.7 Å². The summed E-state index contributed by atoms with van der Waals surface area (Å²) >= 11 is 7.36. The van der Waals surface area contributed by atoms with Gasteiger partial charge in [-0.3, -0.25) is 4.79 Å². The van der Waals surface area contributed by atoms with Crippen LogP contribution in [0.1, 0.15) is 18.2 Å². The Morgan fingerprint density at radius 2 is 1.86 bits per heavy atom. The third-order valence-corrected chi connectivity index (χ3v) is 5.70. The summed E-state index contributed by atoms with van der Waals surface area (Å²) in [4.78, 5) is 12.9. The number of halogens is 1. The molecule has 4 nitrogen and oxygen atoms in total. The summed E-state index contributed by atoms with van der Waals surface area (Å²) in [5, 5.41) is 6.94. The summed E-state index contributed by atoms with van der Waals surface area (Å²) in [6, 6.07) is 19.4. The van der Waals surface area contributed by atoms with Gasteiger partial charge in [0.15, 0.2) is 5.50 Å². The fourth-order valence-corrected chi connectivity index (χ4v) is 3.97. The van der Waals surface area contributed by atoms with Crippen LogP contribution < -0.4 is 10.6 Å². The Kier molecular flexibility index (Phi) is 5.46. The normalized spacial score (nSPS) is 17.7. The summed E-state index contributed by atoms with van der Waals surface area (Å²) in [5.41, 5.74) is 2.98. The molecule has 2 aromatic carbocycles. The molecule has 6 heteroatoms. The Morgan fingerprint density at radius 3 is 2.57 bits per heavy atom. The van der Waals surface area contributed by atoms with E-state index in [4.69, 9.17) is 16.0 Å². The van der Waals surface area contributed by atoms with Crippen molar-refractivity contribution in [1.29, 1.82) is 0 Å². The molecule has 2 heterocycles. The number of carbonyl (C=O) groups is 1. The number of anilines is 1. The molecule has 142 valence electrons. The zero-order valence-electron chi connectivity index (χ0n) is 15.2. The molecule has 1 fully saturated rings. The van der Waals surface area contributed by atoms with Crippen LogP contribution in [0.4, 0.5) is 5.69 Å². The van der Waals surface area contributed by atoms with Crippen LogP contribution in [0, 0.1) is 0 Å². The highest BCUT2D eigenvalue weighted by Crippen LogP contribution is 2.32. The Labute approximate surface area is 173 Å². The monoisotopic (exact) mass is 410 g/mol. The third-order valence-electron chi connectivity index (χ3n) is 4.42. The van der Waals surface area contributed by atoms with E-state index in [-0.39, 0.29) is 11.4 Å². The summed E-state index contributed by atoms with van der Waals surface area (Å²) in [7, 11) is 0. The molecular weight excluding hydrogens is 392 g/mol. The van der Waals surface area contributed by atoms with Crippen molar-refractivity contribution in [3.63, 3.8) is 0 Å². The lowest BCUT2D eigenvalue weighted by Crippen LogP contribution is -2.30. The zero-order valence-corrected chi connectivity index (χ0v) is 16.8. The molecule has 0 saturated carbocycles. The van der Waals surface area contributed by atoms with Gasteiger partial charge in [-0.2, -0.15) is 0 Å². The molecule has 0 aliphatic carbocycles. The van der Waals surface area contributed by atoms with Gasteiger partial charge in [0, 0.05) is 22.3 Å². The third kappa shape index (κ3) is 4.26. The van der Waals surface area contributed by atoms with Gasteiger partial charge < -0.3 is 15.1 Å². The van der Waals surface area contributed by atoms with Crippen molar-refractivity contribution in [1.82, 2.24) is 5.32 Å². The number of hydrogen-bond donors (Lipinski definition) is 2. The van der Waals surface area contributed by atoms with Crippen LogP contribution in [-0.2, 0) is 11.2 Å². The molecule has 0 unspecified atom stereocenters. The number of aryl methyl sites for hydroxylation is 1. The first kappa shape index (κ1) is 18.7. The fraction of sp³-hybridized carbons (Fsp3) is 0.136. The van der Waals surface area contributed by atoms with Gasteiger partial charge in [0.1, 0.15) is 11.5 Å². The van der Waals surface area contributed by atoms with Crippen molar-refractivity contribution < 1.29 is 9.21 Å². The van der Waals surface area contributed by atoms with E-state index >= 15 is 0 Å². The number of furan rings is 1. The average molecular weight is 411 g/mol. The highest BCUT2D eigenvalue weighted by Gasteiger charge is 2.27. The number of hydrogen-bond acceptors (Lipinski definition) is 4. The molecule has 1 aromatic heterocycles. The van der Waals surface area contributed by atoms with Crippen molar-refractivity contribution in [3.8, 4) is 11.3 Å². The van der Waals surface area contributed by atoms with E-state index in [1.54, 1.807) is 6.08 Å². The topological polar surface area (TPSA) is 54.3 Å². The largest absolute Gasteiger partial charge is 0.457 e. The van der Waals surface area contributed by atoms with Crippen LogP contribution in [0.15, 0.2) is 70.0 Å². The minimum Gasteiger partial charge on any atom is -0.457 e. The van der Waals surface area contributed by atoms with Crippen LogP contribution >= 0.6 is 23.4 Å². The second kappa shape index (κ2) is 8.17. The zero-order chi connectivity index (χ0) is 19.5. The van der Waals surface area contributed by atoms with Gasteiger partial charge in [-0.25, -0.2) is 0 Å². The molecule has 4 rings (SSSR count). The maximum Gasteiger partial charge on any atom is 0.260 e. The SMILES string of the molecule is CCc1ccc(N[C@@H]2NC(=O)/C(=C/c3ccc(-c4ccc(Cl)cc4)o3)S2)cc1. The number of amides is 1. The second-order valence-corrected chi connectivity index (χ2v) is 7.97. The highest BCUT2D eigenvalue weighted by atomic mass is 35.5. The smallest absolute Gasteiger partial charge is 0.260 e. The number of benzene rings is 2. The van der Waals surface area contributed by atoms with E-state index < -0.39 is 0 Å². The van der Waals surface area contributed by atoms with Crippen molar-refractivity contribution in [3.05, 3.63) is 81.9 Å². The van der Waals surface area contributed by atoms with Crippen LogP contribution in [0.3, 0.4) is 0 Å². The summed E-state index contributed by atoms with van der Waals surface area (Å²) in [6.45, 7) is 2.12. The molecule has 0 radical (unpaired) electrons. The minimum atomic E-state index is -0.211. The van der Waals surface area contributed by atoms with E-state index in [1.807, 2.05) is 48.5 Å². The standard InChI is InChI=1S/C22H19ClN2O2S/c1-2-14-3-9-17(10-4-14)24-22-25-21(26)20(28-22)13-18-11-12-19(27-18)15-5-7-16(23)8-6-15/h3-13,22,24H,2H2,1H3,(H,25,26)/b20-13-/t22-/m1/s1. The molecule has 3 aromatic rings. The summed E-state index contributed by atoms with van der Waals surface area (Å²) < 4.78 is 5.87. The molecule has 28 heavy (non-hydrogen) atoms. The summed E-state index contributed by atoms with van der Waals surface area (Å²) in [5.74, 6) is 1.25. The van der Waals surface area contributed by atoms with Gasteiger partial charge in [0.05, 0.1) is 4.91 Å². The van der Waals surface area contributed by atoms with E-state index in [0.717, 1.165) is 23.4 Å². The predicted molar refractivity (Wildman–Crippen MR) is 116 cm³/mol. The van der Waals surface area contributed by atoms with Gasteiger partial charge in [-0.1, -0.05) is 42.4 Å². The maximum atomic E-state index is 12.3. The van der Waals surface area contributed by atoms with Gasteiger partial charge in [-0.15, -0.1) is 0 Å².